The van der Waals surface area contributed by atoms with Gasteiger partial charge < -0.3 is 4.90 Å². The van der Waals surface area contributed by atoms with Crippen molar-refractivity contribution in [2.75, 3.05) is 29.1 Å². The molecule has 1 aliphatic heterocycles. The maximum Gasteiger partial charge on any atom is 0.178 e. The molecule has 1 aliphatic rings. The van der Waals surface area contributed by atoms with Crippen LogP contribution in [0.15, 0.2) is 29.2 Å². The van der Waals surface area contributed by atoms with Crippen molar-refractivity contribution in [3.8, 4) is 0 Å². The van der Waals surface area contributed by atoms with Crippen molar-refractivity contribution in [2.45, 2.75) is 31.1 Å². The van der Waals surface area contributed by atoms with Crippen LogP contribution in [0.2, 0.25) is 0 Å². The number of rotatable bonds is 6. The summed E-state index contributed by atoms with van der Waals surface area (Å²) in [5.41, 5.74) is 1.14. The molecule has 0 spiro atoms. The van der Waals surface area contributed by atoms with Crippen LogP contribution in [0.4, 0.5) is 5.69 Å². The second-order valence-corrected chi connectivity index (χ2v) is 8.29. The lowest BCUT2D eigenvalue weighted by Gasteiger charge is -2.19. The van der Waals surface area contributed by atoms with Gasteiger partial charge in [-0.15, -0.1) is 0 Å². The zero-order chi connectivity index (χ0) is 14.6. The molecule has 1 aromatic rings. The van der Waals surface area contributed by atoms with E-state index in [9.17, 15) is 8.42 Å². The minimum atomic E-state index is -3.09. The molecule has 1 unspecified atom stereocenters. The lowest BCUT2D eigenvalue weighted by atomic mass is 10.1. The first-order valence-electron chi connectivity index (χ1n) is 7.20. The Morgan fingerprint density at radius 2 is 2.00 bits per heavy atom. The summed E-state index contributed by atoms with van der Waals surface area (Å²) in [5.74, 6) is 0.974. The maximum absolute atomic E-state index is 12.0. The third-order valence-electron chi connectivity index (χ3n) is 3.84. The van der Waals surface area contributed by atoms with Crippen LogP contribution in [0.5, 0.6) is 0 Å². The summed E-state index contributed by atoms with van der Waals surface area (Å²) in [4.78, 5) is 2.79. The van der Waals surface area contributed by atoms with E-state index in [0.717, 1.165) is 30.0 Å². The standard InChI is InChI=1S/C15H22BrNO2S/c1-2-11-20(18,19)15-5-3-14(4-6-15)17-10-8-13(12-17)7-9-16/h3-6,13H,2,7-12H2,1H3. The molecule has 0 amide bonds. The molecule has 0 aliphatic carbocycles. The monoisotopic (exact) mass is 359 g/mol. The molecule has 2 rings (SSSR count). The van der Waals surface area contributed by atoms with Gasteiger partial charge in [-0.1, -0.05) is 22.9 Å². The molecule has 1 saturated heterocycles. The molecule has 0 radical (unpaired) electrons. The highest BCUT2D eigenvalue weighted by atomic mass is 79.9. The highest BCUT2D eigenvalue weighted by Crippen LogP contribution is 2.27. The molecular weight excluding hydrogens is 338 g/mol. The van der Waals surface area contributed by atoms with Gasteiger partial charge in [-0.3, -0.25) is 0 Å². The van der Waals surface area contributed by atoms with E-state index in [1.807, 2.05) is 19.1 Å². The Labute approximate surface area is 130 Å². The zero-order valence-electron chi connectivity index (χ0n) is 11.9. The first-order valence-corrected chi connectivity index (χ1v) is 9.98. The number of hydrogen-bond acceptors (Lipinski definition) is 3. The van der Waals surface area contributed by atoms with Gasteiger partial charge in [0.05, 0.1) is 10.6 Å². The molecule has 1 heterocycles. The summed E-state index contributed by atoms with van der Waals surface area (Å²) in [5, 5.41) is 1.06. The fraction of sp³-hybridized carbons (Fsp3) is 0.600. The van der Waals surface area contributed by atoms with Crippen molar-refractivity contribution in [1.29, 1.82) is 0 Å². The molecule has 3 nitrogen and oxygen atoms in total. The second kappa shape index (κ2) is 6.94. The first kappa shape index (κ1) is 15.8. The van der Waals surface area contributed by atoms with E-state index >= 15 is 0 Å². The van der Waals surface area contributed by atoms with Gasteiger partial charge in [-0.2, -0.15) is 0 Å². The molecular formula is C15H22BrNO2S. The third-order valence-corrected chi connectivity index (χ3v) is 6.23. The molecule has 0 bridgehead atoms. The Morgan fingerprint density at radius 3 is 2.60 bits per heavy atom. The molecule has 20 heavy (non-hydrogen) atoms. The smallest absolute Gasteiger partial charge is 0.178 e. The fourth-order valence-electron chi connectivity index (χ4n) is 2.71. The number of sulfone groups is 1. The Kier molecular flexibility index (Phi) is 5.49. The van der Waals surface area contributed by atoms with E-state index in [4.69, 9.17) is 0 Å². The average Bonchev–Trinajstić information content (AvgIpc) is 2.88. The Bertz CT molecular complexity index is 527. The van der Waals surface area contributed by atoms with E-state index in [2.05, 4.69) is 20.8 Å². The Hall–Kier alpha value is -0.550. The average molecular weight is 360 g/mol. The van der Waals surface area contributed by atoms with Crippen LogP contribution >= 0.6 is 15.9 Å². The summed E-state index contributed by atoms with van der Waals surface area (Å²) < 4.78 is 24.0. The molecule has 0 saturated carbocycles. The van der Waals surface area contributed by atoms with Crippen molar-refractivity contribution in [3.63, 3.8) is 0 Å². The van der Waals surface area contributed by atoms with Crippen LogP contribution in [0.1, 0.15) is 26.2 Å². The van der Waals surface area contributed by atoms with Crippen molar-refractivity contribution in [2.24, 2.45) is 5.92 Å². The van der Waals surface area contributed by atoms with Gasteiger partial charge in [0.1, 0.15) is 0 Å². The Morgan fingerprint density at radius 1 is 1.30 bits per heavy atom. The summed E-state index contributed by atoms with van der Waals surface area (Å²) in [6.45, 7) is 4.03. The van der Waals surface area contributed by atoms with Gasteiger partial charge >= 0.3 is 0 Å². The van der Waals surface area contributed by atoms with Gasteiger partial charge in [0.2, 0.25) is 0 Å². The predicted molar refractivity (Wildman–Crippen MR) is 87.5 cm³/mol. The van der Waals surface area contributed by atoms with E-state index < -0.39 is 9.84 Å². The molecule has 1 fully saturated rings. The minimum absolute atomic E-state index is 0.226. The molecule has 0 aromatic heterocycles. The second-order valence-electron chi connectivity index (χ2n) is 5.39. The highest BCUT2D eigenvalue weighted by Gasteiger charge is 2.22. The van der Waals surface area contributed by atoms with Crippen LogP contribution in [0, 0.1) is 5.92 Å². The predicted octanol–water partition coefficient (Wildman–Crippen LogP) is 3.48. The summed E-state index contributed by atoms with van der Waals surface area (Å²) in [7, 11) is -3.09. The molecule has 1 atom stereocenters. The fourth-order valence-corrected chi connectivity index (χ4v) is 4.68. The summed E-state index contributed by atoms with van der Waals surface area (Å²) >= 11 is 3.50. The van der Waals surface area contributed by atoms with Crippen molar-refractivity contribution in [1.82, 2.24) is 0 Å². The molecule has 5 heteroatoms. The van der Waals surface area contributed by atoms with Crippen LogP contribution in [0.3, 0.4) is 0 Å². The highest BCUT2D eigenvalue weighted by molar-refractivity contribution is 9.09. The van der Waals surface area contributed by atoms with Crippen molar-refractivity contribution < 1.29 is 8.42 Å². The lowest BCUT2D eigenvalue weighted by Crippen LogP contribution is -2.19. The summed E-state index contributed by atoms with van der Waals surface area (Å²) in [6.07, 6.45) is 3.09. The van der Waals surface area contributed by atoms with Gasteiger partial charge in [0.25, 0.3) is 0 Å². The van der Waals surface area contributed by atoms with Crippen LogP contribution in [-0.2, 0) is 9.84 Å². The quantitative estimate of drug-likeness (QED) is 0.729. The molecule has 1 aromatic carbocycles. The van der Waals surface area contributed by atoms with Crippen molar-refractivity contribution >= 4 is 31.5 Å². The largest absolute Gasteiger partial charge is 0.371 e. The third kappa shape index (κ3) is 3.76. The minimum Gasteiger partial charge on any atom is -0.371 e. The number of benzene rings is 1. The SMILES string of the molecule is CCCS(=O)(=O)c1ccc(N2CCC(CCBr)C2)cc1. The number of halogens is 1. The van der Waals surface area contributed by atoms with Gasteiger partial charge in [0, 0.05) is 24.1 Å². The van der Waals surface area contributed by atoms with E-state index in [0.29, 0.717) is 11.3 Å². The molecule has 112 valence electrons. The lowest BCUT2D eigenvalue weighted by molar-refractivity contribution is 0.576. The molecule has 0 N–H and O–H groups in total. The van der Waals surface area contributed by atoms with Crippen LogP contribution < -0.4 is 4.90 Å². The van der Waals surface area contributed by atoms with Crippen LogP contribution in [-0.4, -0.2) is 32.6 Å². The van der Waals surface area contributed by atoms with Crippen LogP contribution in [0.25, 0.3) is 0 Å². The normalized spacial score (nSPS) is 19.5. The van der Waals surface area contributed by atoms with Gasteiger partial charge in [0.15, 0.2) is 9.84 Å². The number of hydrogen-bond donors (Lipinski definition) is 0. The van der Waals surface area contributed by atoms with Gasteiger partial charge in [-0.05, 0) is 49.4 Å². The number of anilines is 1. The maximum atomic E-state index is 12.0. The number of nitrogens with zero attached hydrogens (tertiary/aromatic N) is 1. The van der Waals surface area contributed by atoms with Gasteiger partial charge in [-0.25, -0.2) is 8.42 Å². The number of alkyl halides is 1. The first-order chi connectivity index (χ1) is 9.56. The topological polar surface area (TPSA) is 37.4 Å². The van der Waals surface area contributed by atoms with Crippen molar-refractivity contribution in [3.05, 3.63) is 24.3 Å². The zero-order valence-corrected chi connectivity index (χ0v) is 14.3. The summed E-state index contributed by atoms with van der Waals surface area (Å²) in [6, 6.07) is 7.38. The van der Waals surface area contributed by atoms with E-state index in [-0.39, 0.29) is 5.75 Å². The Balaban J connectivity index is 2.06. The van der Waals surface area contributed by atoms with E-state index in [1.165, 1.54) is 12.8 Å². The van der Waals surface area contributed by atoms with E-state index in [1.54, 1.807) is 12.1 Å².